The number of allylic oxidation sites excluding steroid dienone is 1. The molecule has 0 bridgehead atoms. The van der Waals surface area contributed by atoms with Gasteiger partial charge in [0, 0.05) is 17.8 Å². The van der Waals surface area contributed by atoms with E-state index in [4.69, 9.17) is 9.47 Å². The van der Waals surface area contributed by atoms with Gasteiger partial charge in [-0.2, -0.15) is 0 Å². The van der Waals surface area contributed by atoms with Gasteiger partial charge >= 0.3 is 6.16 Å². The molecule has 2 aromatic rings. The van der Waals surface area contributed by atoms with Gasteiger partial charge in [0.2, 0.25) is 5.91 Å². The Kier molecular flexibility index (Phi) is 7.21. The molecule has 0 spiro atoms. The van der Waals surface area contributed by atoms with Crippen LogP contribution >= 0.6 is 0 Å². The van der Waals surface area contributed by atoms with E-state index in [1.807, 2.05) is 24.3 Å². The van der Waals surface area contributed by atoms with Crippen molar-refractivity contribution in [3.63, 3.8) is 0 Å². The number of benzene rings is 2. The highest BCUT2D eigenvalue weighted by Gasteiger charge is 2.17. The number of carbonyl (C=O) groups is 3. The zero-order valence-corrected chi connectivity index (χ0v) is 16.7. The van der Waals surface area contributed by atoms with Crippen LogP contribution in [0.1, 0.15) is 35.7 Å². The van der Waals surface area contributed by atoms with Gasteiger partial charge in [-0.3, -0.25) is 9.59 Å². The minimum absolute atomic E-state index is 0.183. The van der Waals surface area contributed by atoms with Gasteiger partial charge in [0.25, 0.3) is 5.91 Å². The van der Waals surface area contributed by atoms with Crippen LogP contribution in [0.25, 0.3) is 0 Å². The van der Waals surface area contributed by atoms with Crippen molar-refractivity contribution in [1.82, 2.24) is 5.32 Å². The van der Waals surface area contributed by atoms with E-state index in [1.54, 1.807) is 31.2 Å². The lowest BCUT2D eigenvalue weighted by Crippen LogP contribution is -2.23. The summed E-state index contributed by atoms with van der Waals surface area (Å²) in [6.45, 7) is 2.16. The average molecular weight is 408 g/mol. The highest BCUT2D eigenvalue weighted by Crippen LogP contribution is 2.30. The van der Waals surface area contributed by atoms with Crippen LogP contribution in [-0.2, 0) is 16.1 Å². The number of hydrogen-bond donors (Lipinski definition) is 2. The molecule has 0 aliphatic heterocycles. The van der Waals surface area contributed by atoms with Crippen LogP contribution in [0.5, 0.6) is 5.75 Å². The van der Waals surface area contributed by atoms with Crippen LogP contribution in [-0.4, -0.2) is 24.6 Å². The summed E-state index contributed by atoms with van der Waals surface area (Å²) in [5.41, 5.74) is 1.86. The third kappa shape index (κ3) is 6.48. The third-order valence-corrected chi connectivity index (χ3v) is 4.44. The SMILES string of the molecule is CCOC(=O)Oc1ccc(C(=O)NCc2ccccc2NC(=O)/C=C/C2CC2)cc1. The van der Waals surface area contributed by atoms with Gasteiger partial charge in [-0.25, -0.2) is 4.79 Å². The van der Waals surface area contributed by atoms with Crippen molar-refractivity contribution in [2.24, 2.45) is 5.92 Å². The summed E-state index contributed by atoms with van der Waals surface area (Å²) in [6.07, 6.45) is 4.98. The molecule has 2 N–H and O–H groups in total. The fraction of sp³-hybridized carbons (Fsp3) is 0.261. The first-order chi connectivity index (χ1) is 14.5. The topological polar surface area (TPSA) is 93.7 Å². The smallest absolute Gasteiger partial charge is 0.434 e. The molecule has 1 fully saturated rings. The van der Waals surface area contributed by atoms with Crippen LogP contribution in [0.3, 0.4) is 0 Å². The van der Waals surface area contributed by atoms with Crippen molar-refractivity contribution in [2.45, 2.75) is 26.3 Å². The van der Waals surface area contributed by atoms with Crippen molar-refractivity contribution in [3.8, 4) is 5.75 Å². The maximum absolute atomic E-state index is 12.4. The van der Waals surface area contributed by atoms with Crippen molar-refractivity contribution in [2.75, 3.05) is 11.9 Å². The van der Waals surface area contributed by atoms with Gasteiger partial charge in [-0.15, -0.1) is 0 Å². The number of amides is 2. The Bertz CT molecular complexity index is 933. The number of carbonyl (C=O) groups excluding carboxylic acids is 3. The van der Waals surface area contributed by atoms with Crippen LogP contribution in [0.2, 0.25) is 0 Å². The molecule has 1 aliphatic carbocycles. The Balaban J connectivity index is 1.55. The molecule has 7 heteroatoms. The lowest BCUT2D eigenvalue weighted by atomic mass is 10.1. The van der Waals surface area contributed by atoms with E-state index >= 15 is 0 Å². The van der Waals surface area contributed by atoms with Crippen LogP contribution < -0.4 is 15.4 Å². The molecular weight excluding hydrogens is 384 g/mol. The summed E-state index contributed by atoms with van der Waals surface area (Å²) < 4.78 is 9.68. The number of anilines is 1. The van der Waals surface area contributed by atoms with Crippen LogP contribution in [0, 0.1) is 5.92 Å². The quantitative estimate of drug-likeness (QED) is 0.390. The standard InChI is InChI=1S/C23H24N2O5/c1-2-29-23(28)30-19-12-10-17(11-13-19)22(27)24-15-18-5-3-4-6-20(18)25-21(26)14-9-16-7-8-16/h3-6,9-14,16H,2,7-8,15H2,1H3,(H,24,27)(H,25,26)/b14-9+. The van der Waals surface area contributed by atoms with Gasteiger partial charge in [0.1, 0.15) is 5.75 Å². The van der Waals surface area contributed by atoms with E-state index in [2.05, 4.69) is 10.6 Å². The maximum Gasteiger partial charge on any atom is 0.513 e. The fourth-order valence-corrected chi connectivity index (χ4v) is 2.68. The van der Waals surface area contributed by atoms with Crippen molar-refractivity contribution < 1.29 is 23.9 Å². The molecule has 0 atom stereocenters. The molecule has 0 heterocycles. The van der Waals surface area contributed by atoms with Gasteiger partial charge in [-0.1, -0.05) is 24.3 Å². The lowest BCUT2D eigenvalue weighted by Gasteiger charge is -2.11. The number of ether oxygens (including phenoxy) is 2. The molecule has 156 valence electrons. The summed E-state index contributed by atoms with van der Waals surface area (Å²) in [7, 11) is 0. The van der Waals surface area contributed by atoms with E-state index < -0.39 is 6.16 Å². The Hall–Kier alpha value is -3.61. The van der Waals surface area contributed by atoms with E-state index in [0.717, 1.165) is 18.4 Å². The maximum atomic E-state index is 12.4. The lowest BCUT2D eigenvalue weighted by molar-refractivity contribution is -0.111. The van der Waals surface area contributed by atoms with Crippen molar-refractivity contribution in [3.05, 3.63) is 71.8 Å². The molecule has 0 aromatic heterocycles. The normalized spacial score (nSPS) is 13.0. The summed E-state index contributed by atoms with van der Waals surface area (Å²) in [6, 6.07) is 13.5. The number of para-hydroxylation sites is 1. The summed E-state index contributed by atoms with van der Waals surface area (Å²) in [4.78, 5) is 35.8. The molecule has 1 saturated carbocycles. The number of hydrogen-bond acceptors (Lipinski definition) is 5. The molecule has 1 aliphatic rings. The Labute approximate surface area is 175 Å². The minimum atomic E-state index is -0.791. The Morgan fingerprint density at radius 1 is 1.07 bits per heavy atom. The monoisotopic (exact) mass is 408 g/mol. The average Bonchev–Trinajstić information content (AvgIpc) is 3.57. The first kappa shape index (κ1) is 21.1. The highest BCUT2D eigenvalue weighted by atomic mass is 16.7. The fourth-order valence-electron chi connectivity index (χ4n) is 2.68. The summed E-state index contributed by atoms with van der Waals surface area (Å²) in [5.74, 6) is 0.349. The molecule has 7 nitrogen and oxygen atoms in total. The second kappa shape index (κ2) is 10.2. The van der Waals surface area contributed by atoms with E-state index in [0.29, 0.717) is 17.2 Å². The Morgan fingerprint density at radius 2 is 1.80 bits per heavy atom. The highest BCUT2D eigenvalue weighted by molar-refractivity contribution is 6.00. The van der Waals surface area contributed by atoms with E-state index in [9.17, 15) is 14.4 Å². The van der Waals surface area contributed by atoms with Gasteiger partial charge in [-0.05, 0) is 67.7 Å². The third-order valence-electron chi connectivity index (χ3n) is 4.44. The van der Waals surface area contributed by atoms with Crippen LogP contribution in [0.15, 0.2) is 60.7 Å². The molecule has 0 saturated heterocycles. The number of nitrogens with one attached hydrogen (secondary N) is 2. The zero-order valence-electron chi connectivity index (χ0n) is 16.7. The second-order valence-electron chi connectivity index (χ2n) is 6.84. The van der Waals surface area contributed by atoms with Crippen molar-refractivity contribution >= 4 is 23.7 Å². The predicted molar refractivity (Wildman–Crippen MR) is 112 cm³/mol. The zero-order chi connectivity index (χ0) is 21.3. The summed E-state index contributed by atoms with van der Waals surface area (Å²) >= 11 is 0. The molecular formula is C23H24N2O5. The molecule has 2 amide bonds. The van der Waals surface area contributed by atoms with Gasteiger partial charge in [0.15, 0.2) is 0 Å². The molecule has 2 aromatic carbocycles. The number of rotatable bonds is 8. The van der Waals surface area contributed by atoms with E-state index in [1.165, 1.54) is 12.1 Å². The minimum Gasteiger partial charge on any atom is -0.434 e. The van der Waals surface area contributed by atoms with Gasteiger partial charge < -0.3 is 20.1 Å². The predicted octanol–water partition coefficient (Wildman–Crippen LogP) is 4.06. The molecule has 30 heavy (non-hydrogen) atoms. The molecule has 0 radical (unpaired) electrons. The van der Waals surface area contributed by atoms with E-state index in [-0.39, 0.29) is 30.7 Å². The first-order valence-corrected chi connectivity index (χ1v) is 9.85. The van der Waals surface area contributed by atoms with Gasteiger partial charge in [0.05, 0.1) is 6.61 Å². The molecule has 0 unspecified atom stereocenters. The summed E-state index contributed by atoms with van der Waals surface area (Å²) in [5, 5.41) is 5.68. The first-order valence-electron chi connectivity index (χ1n) is 9.85. The van der Waals surface area contributed by atoms with Crippen molar-refractivity contribution in [1.29, 1.82) is 0 Å². The second-order valence-corrected chi connectivity index (χ2v) is 6.84. The molecule has 3 rings (SSSR count). The van der Waals surface area contributed by atoms with Crippen LogP contribution in [0.4, 0.5) is 10.5 Å². The largest absolute Gasteiger partial charge is 0.513 e. The Morgan fingerprint density at radius 3 is 2.50 bits per heavy atom.